The number of nitrogens with zero attached hydrogens (tertiary/aromatic N) is 6. The van der Waals surface area contributed by atoms with E-state index in [-0.39, 0.29) is 11.8 Å². The maximum absolute atomic E-state index is 12.9. The molecule has 4 aromatic rings. The number of aryl methyl sites for hydroxylation is 1. The minimum Gasteiger partial charge on any atom is -0.350 e. The summed E-state index contributed by atoms with van der Waals surface area (Å²) in [5, 5.41) is 12.0. The van der Waals surface area contributed by atoms with Crippen molar-refractivity contribution in [2.75, 3.05) is 6.54 Å². The van der Waals surface area contributed by atoms with Gasteiger partial charge in [-0.2, -0.15) is 19.7 Å². The molecule has 3 heterocycles. The van der Waals surface area contributed by atoms with Crippen LogP contribution in [0.4, 0.5) is 0 Å². The van der Waals surface area contributed by atoms with Gasteiger partial charge in [-0.05, 0) is 37.1 Å². The van der Waals surface area contributed by atoms with Crippen molar-refractivity contribution in [3.63, 3.8) is 0 Å². The Morgan fingerprint density at radius 3 is 2.72 bits per heavy atom. The quantitative estimate of drug-likeness (QED) is 0.528. The first kappa shape index (κ1) is 19.1. The molecule has 1 atom stereocenters. The second kappa shape index (κ2) is 8.00. The number of aromatic nitrogens is 6. The van der Waals surface area contributed by atoms with Crippen LogP contribution in [0, 0.1) is 12.8 Å². The van der Waals surface area contributed by atoms with Crippen LogP contribution in [0.2, 0.25) is 5.02 Å². The van der Waals surface area contributed by atoms with Gasteiger partial charge in [-0.25, -0.2) is 4.98 Å². The summed E-state index contributed by atoms with van der Waals surface area (Å²) in [5.41, 5.74) is 2.94. The van der Waals surface area contributed by atoms with Crippen molar-refractivity contribution in [3.05, 3.63) is 65.3 Å². The zero-order chi connectivity index (χ0) is 20.4. The molecule has 29 heavy (non-hydrogen) atoms. The minimum absolute atomic E-state index is 0.210. The van der Waals surface area contributed by atoms with Gasteiger partial charge in [-0.15, -0.1) is 0 Å². The summed E-state index contributed by atoms with van der Waals surface area (Å²) in [5.74, 6) is 0.339. The molecule has 0 saturated heterocycles. The summed E-state index contributed by atoms with van der Waals surface area (Å²) in [6.07, 6.45) is 3.16. The highest BCUT2D eigenvalue weighted by molar-refractivity contribution is 6.30. The lowest BCUT2D eigenvalue weighted by atomic mass is 10.1. The second-order valence-corrected chi connectivity index (χ2v) is 7.41. The van der Waals surface area contributed by atoms with E-state index in [0.29, 0.717) is 28.7 Å². The summed E-state index contributed by atoms with van der Waals surface area (Å²) in [6.45, 7) is 5.31. The molecule has 9 heteroatoms. The van der Waals surface area contributed by atoms with Gasteiger partial charge in [-0.1, -0.05) is 30.7 Å². The first-order valence-electron chi connectivity index (χ1n) is 9.24. The molecule has 0 fully saturated rings. The number of amides is 1. The number of hydrogen-bond donors (Lipinski definition) is 1. The largest absolute Gasteiger partial charge is 0.350 e. The van der Waals surface area contributed by atoms with Gasteiger partial charge in [0.2, 0.25) is 0 Å². The lowest BCUT2D eigenvalue weighted by Gasteiger charge is -2.14. The van der Waals surface area contributed by atoms with Gasteiger partial charge in [-0.3, -0.25) is 9.48 Å². The number of fused-ring (bicyclic) bond motifs is 1. The molecule has 0 spiro atoms. The van der Waals surface area contributed by atoms with Gasteiger partial charge in [0.1, 0.15) is 12.0 Å². The molecule has 0 bridgehead atoms. The molecule has 0 saturated carbocycles. The molecule has 148 valence electrons. The van der Waals surface area contributed by atoms with Gasteiger partial charge in [0.15, 0.2) is 0 Å². The molecule has 4 rings (SSSR count). The fourth-order valence-electron chi connectivity index (χ4n) is 3.05. The van der Waals surface area contributed by atoms with Gasteiger partial charge in [0.25, 0.3) is 11.7 Å². The molecule has 8 nitrogen and oxygen atoms in total. The first-order chi connectivity index (χ1) is 14.0. The van der Waals surface area contributed by atoms with E-state index in [1.54, 1.807) is 24.4 Å². The summed E-state index contributed by atoms with van der Waals surface area (Å²) in [4.78, 5) is 21.5. The first-order valence-corrected chi connectivity index (χ1v) is 9.62. The predicted molar refractivity (Wildman–Crippen MR) is 110 cm³/mol. The maximum atomic E-state index is 12.9. The number of nitrogens with one attached hydrogen (secondary N) is 1. The van der Waals surface area contributed by atoms with Crippen LogP contribution in [0.15, 0.2) is 48.9 Å². The van der Waals surface area contributed by atoms with E-state index in [1.807, 2.05) is 29.8 Å². The van der Waals surface area contributed by atoms with Gasteiger partial charge in [0, 0.05) is 35.6 Å². The van der Waals surface area contributed by atoms with E-state index in [9.17, 15) is 4.79 Å². The molecule has 0 aliphatic rings. The summed E-state index contributed by atoms with van der Waals surface area (Å²) >= 11 is 5.97. The zero-order valence-corrected chi connectivity index (χ0v) is 16.8. The van der Waals surface area contributed by atoms with Crippen molar-refractivity contribution in [1.29, 1.82) is 0 Å². The average molecular weight is 410 g/mol. The minimum atomic E-state index is -0.234. The van der Waals surface area contributed by atoms with Crippen LogP contribution in [-0.4, -0.2) is 41.8 Å². The van der Waals surface area contributed by atoms with E-state index in [4.69, 9.17) is 11.6 Å². The zero-order valence-electron chi connectivity index (χ0n) is 16.1. The third kappa shape index (κ3) is 4.12. The number of halogens is 1. The van der Waals surface area contributed by atoms with Crippen LogP contribution in [0.1, 0.15) is 23.1 Å². The van der Waals surface area contributed by atoms with Crippen molar-refractivity contribution in [1.82, 2.24) is 34.7 Å². The Bertz CT molecular complexity index is 1150. The SMILES string of the molecule is Cc1ccnn1CC(C)CNC(=O)c1cc(-c2ccc(Cl)cc2)nc2ncnn12. The van der Waals surface area contributed by atoms with Crippen LogP contribution in [-0.2, 0) is 6.54 Å². The molecule has 0 aliphatic heterocycles. The van der Waals surface area contributed by atoms with E-state index in [2.05, 4.69) is 32.4 Å². The summed E-state index contributed by atoms with van der Waals surface area (Å²) < 4.78 is 3.37. The highest BCUT2D eigenvalue weighted by atomic mass is 35.5. The fourth-order valence-corrected chi connectivity index (χ4v) is 3.18. The smallest absolute Gasteiger partial charge is 0.270 e. The van der Waals surface area contributed by atoms with E-state index in [1.165, 1.54) is 10.8 Å². The Balaban J connectivity index is 1.54. The highest BCUT2D eigenvalue weighted by Gasteiger charge is 2.16. The number of benzene rings is 1. The molecule has 1 N–H and O–H groups in total. The predicted octanol–water partition coefficient (Wildman–Crippen LogP) is 3.02. The Kier molecular flexibility index (Phi) is 5.26. The monoisotopic (exact) mass is 409 g/mol. The van der Waals surface area contributed by atoms with Crippen LogP contribution < -0.4 is 5.32 Å². The van der Waals surface area contributed by atoms with Crippen LogP contribution >= 0.6 is 11.6 Å². The van der Waals surface area contributed by atoms with E-state index < -0.39 is 0 Å². The summed E-state index contributed by atoms with van der Waals surface area (Å²) in [7, 11) is 0. The standard InChI is InChI=1S/C20H20ClN7O/c1-13(11-27-14(2)7-8-24-27)10-22-19(29)18-9-17(15-3-5-16(21)6-4-15)26-20-23-12-25-28(18)20/h3-9,12-13H,10-11H2,1-2H3,(H,22,29). The highest BCUT2D eigenvalue weighted by Crippen LogP contribution is 2.21. The molecule has 3 aromatic heterocycles. The van der Waals surface area contributed by atoms with Crippen molar-refractivity contribution in [2.45, 2.75) is 20.4 Å². The molecule has 1 amide bonds. The van der Waals surface area contributed by atoms with E-state index >= 15 is 0 Å². The average Bonchev–Trinajstić information content (AvgIpc) is 3.35. The lowest BCUT2D eigenvalue weighted by molar-refractivity contribution is 0.0939. The molecular weight excluding hydrogens is 390 g/mol. The Hall–Kier alpha value is -3.26. The molecule has 0 aliphatic carbocycles. The second-order valence-electron chi connectivity index (χ2n) is 6.98. The van der Waals surface area contributed by atoms with Crippen molar-refractivity contribution >= 4 is 23.3 Å². The topological polar surface area (TPSA) is 90.0 Å². The normalized spacial score (nSPS) is 12.2. The number of rotatable bonds is 6. The Labute approximate surface area is 172 Å². The van der Waals surface area contributed by atoms with Crippen LogP contribution in [0.3, 0.4) is 0 Å². The number of carbonyl (C=O) groups excluding carboxylic acids is 1. The molecule has 1 unspecified atom stereocenters. The Morgan fingerprint density at radius 2 is 2.00 bits per heavy atom. The number of carbonyl (C=O) groups is 1. The summed E-state index contributed by atoms with van der Waals surface area (Å²) in [6, 6.07) is 10.9. The third-order valence-corrected chi connectivity index (χ3v) is 4.90. The third-order valence-electron chi connectivity index (χ3n) is 4.65. The molecular formula is C20H20ClN7O. The maximum Gasteiger partial charge on any atom is 0.270 e. The van der Waals surface area contributed by atoms with Gasteiger partial charge >= 0.3 is 0 Å². The van der Waals surface area contributed by atoms with Gasteiger partial charge < -0.3 is 5.32 Å². The Morgan fingerprint density at radius 1 is 1.21 bits per heavy atom. The van der Waals surface area contributed by atoms with Crippen molar-refractivity contribution < 1.29 is 4.79 Å². The van der Waals surface area contributed by atoms with E-state index in [0.717, 1.165) is 17.8 Å². The van der Waals surface area contributed by atoms with Crippen molar-refractivity contribution in [2.24, 2.45) is 5.92 Å². The fraction of sp³-hybridized carbons (Fsp3) is 0.250. The van der Waals surface area contributed by atoms with Crippen LogP contribution in [0.25, 0.3) is 17.0 Å². The van der Waals surface area contributed by atoms with Crippen LogP contribution in [0.5, 0.6) is 0 Å². The van der Waals surface area contributed by atoms with Crippen molar-refractivity contribution in [3.8, 4) is 11.3 Å². The molecule has 1 aromatic carbocycles. The van der Waals surface area contributed by atoms with Gasteiger partial charge in [0.05, 0.1) is 5.69 Å². The lowest BCUT2D eigenvalue weighted by Crippen LogP contribution is -2.31. The molecule has 0 radical (unpaired) electrons. The number of hydrogen-bond acceptors (Lipinski definition) is 5.